The fourth-order valence-electron chi connectivity index (χ4n) is 1.96. The van der Waals surface area contributed by atoms with Crippen LogP contribution in [-0.4, -0.2) is 20.9 Å². The molecule has 0 aliphatic carbocycles. The van der Waals surface area contributed by atoms with Gasteiger partial charge in [-0.05, 0) is 25.1 Å². The van der Waals surface area contributed by atoms with E-state index in [0.717, 1.165) is 16.7 Å². The molecule has 2 aromatic heterocycles. The second-order valence-electron chi connectivity index (χ2n) is 4.47. The number of aromatic amines is 1. The number of carbonyl (C=O) groups is 1. The summed E-state index contributed by atoms with van der Waals surface area (Å²) in [5.74, 6) is 0.0465. The van der Waals surface area contributed by atoms with Crippen molar-refractivity contribution in [3.8, 4) is 0 Å². The van der Waals surface area contributed by atoms with E-state index in [4.69, 9.17) is 5.73 Å². The molecule has 6 nitrogen and oxygen atoms in total. The molecule has 1 aromatic carbocycles. The molecule has 2 heterocycles. The Morgan fingerprint density at radius 3 is 2.90 bits per heavy atom. The fraction of sp³-hybridized carbons (Fsp3) is 0.0714. The van der Waals surface area contributed by atoms with Gasteiger partial charge in [-0.3, -0.25) is 15.1 Å². The van der Waals surface area contributed by atoms with Gasteiger partial charge >= 0.3 is 0 Å². The number of nitrogens with zero attached hydrogens (tertiary/aromatic N) is 2. The molecule has 0 bridgehead atoms. The lowest BCUT2D eigenvalue weighted by atomic mass is 10.2. The van der Waals surface area contributed by atoms with Gasteiger partial charge in [-0.1, -0.05) is 12.1 Å². The van der Waals surface area contributed by atoms with Gasteiger partial charge in [0.15, 0.2) is 0 Å². The van der Waals surface area contributed by atoms with Crippen LogP contribution in [0, 0.1) is 6.92 Å². The molecule has 20 heavy (non-hydrogen) atoms. The number of aromatic nitrogens is 3. The van der Waals surface area contributed by atoms with Gasteiger partial charge < -0.3 is 10.7 Å². The average Bonchev–Trinajstić information content (AvgIpc) is 2.80. The van der Waals surface area contributed by atoms with Crippen LogP contribution in [0.15, 0.2) is 36.5 Å². The van der Waals surface area contributed by atoms with Crippen LogP contribution in [0.2, 0.25) is 0 Å². The van der Waals surface area contributed by atoms with Crippen LogP contribution >= 0.6 is 0 Å². The van der Waals surface area contributed by atoms with Crippen molar-refractivity contribution >= 4 is 28.6 Å². The Labute approximate surface area is 115 Å². The van der Waals surface area contributed by atoms with Gasteiger partial charge in [-0.15, -0.1) is 0 Å². The van der Waals surface area contributed by atoms with Gasteiger partial charge in [0, 0.05) is 17.6 Å². The number of nitrogens with two attached hydrogens (primary N) is 1. The van der Waals surface area contributed by atoms with E-state index in [2.05, 4.69) is 20.3 Å². The summed E-state index contributed by atoms with van der Waals surface area (Å²) >= 11 is 0. The molecular formula is C14H13N5O. The number of nitrogen functional groups attached to an aromatic ring is 1. The van der Waals surface area contributed by atoms with E-state index >= 15 is 0 Å². The van der Waals surface area contributed by atoms with Crippen molar-refractivity contribution in [3.63, 3.8) is 0 Å². The van der Waals surface area contributed by atoms with Crippen molar-refractivity contribution in [1.29, 1.82) is 0 Å². The third-order valence-corrected chi connectivity index (χ3v) is 2.94. The van der Waals surface area contributed by atoms with Crippen molar-refractivity contribution in [1.82, 2.24) is 15.0 Å². The molecule has 1 amide bonds. The summed E-state index contributed by atoms with van der Waals surface area (Å²) in [5.41, 5.74) is 8.96. The van der Waals surface area contributed by atoms with E-state index < -0.39 is 0 Å². The standard InChI is InChI=1S/C14H13N5O/c1-8-6-10(15)9(7-16-8)13(20)19-14-17-11-4-2-3-5-12(11)18-14/h2-7H,1H3,(H2,15,16)(H2,17,18,19,20). The van der Waals surface area contributed by atoms with Crippen molar-refractivity contribution in [3.05, 3.63) is 47.8 Å². The Morgan fingerprint density at radius 2 is 2.15 bits per heavy atom. The highest BCUT2D eigenvalue weighted by molar-refractivity contribution is 6.07. The Kier molecular flexibility index (Phi) is 2.83. The highest BCUT2D eigenvalue weighted by Crippen LogP contribution is 2.16. The summed E-state index contributed by atoms with van der Waals surface area (Å²) in [7, 11) is 0. The summed E-state index contributed by atoms with van der Waals surface area (Å²) in [4.78, 5) is 23.5. The molecule has 0 radical (unpaired) electrons. The minimum Gasteiger partial charge on any atom is -0.398 e. The Hall–Kier alpha value is -2.89. The van der Waals surface area contributed by atoms with Gasteiger partial charge in [0.05, 0.1) is 16.6 Å². The first-order valence-corrected chi connectivity index (χ1v) is 6.12. The highest BCUT2D eigenvalue weighted by Gasteiger charge is 2.12. The number of aryl methyl sites for hydroxylation is 1. The normalized spacial score (nSPS) is 10.7. The number of hydrogen-bond acceptors (Lipinski definition) is 4. The molecule has 6 heteroatoms. The molecule has 4 N–H and O–H groups in total. The second-order valence-corrected chi connectivity index (χ2v) is 4.47. The van der Waals surface area contributed by atoms with Crippen LogP contribution in [0.4, 0.5) is 11.6 Å². The van der Waals surface area contributed by atoms with E-state index in [-0.39, 0.29) is 5.91 Å². The maximum Gasteiger partial charge on any atom is 0.261 e. The first-order valence-electron chi connectivity index (χ1n) is 6.12. The van der Waals surface area contributed by atoms with Gasteiger partial charge in [-0.25, -0.2) is 4.98 Å². The average molecular weight is 267 g/mol. The maximum absolute atomic E-state index is 12.1. The molecule has 0 atom stereocenters. The number of H-pyrrole nitrogens is 1. The quantitative estimate of drug-likeness (QED) is 0.662. The van der Waals surface area contributed by atoms with Crippen molar-refractivity contribution < 1.29 is 4.79 Å². The topological polar surface area (TPSA) is 96.7 Å². The molecule has 3 aromatic rings. The van der Waals surface area contributed by atoms with Gasteiger partial charge in [0.25, 0.3) is 5.91 Å². The summed E-state index contributed by atoms with van der Waals surface area (Å²) < 4.78 is 0. The molecule has 0 saturated carbocycles. The zero-order valence-electron chi connectivity index (χ0n) is 10.8. The number of para-hydroxylation sites is 2. The highest BCUT2D eigenvalue weighted by atomic mass is 16.1. The monoisotopic (exact) mass is 267 g/mol. The third kappa shape index (κ3) is 2.18. The van der Waals surface area contributed by atoms with Gasteiger partial charge in [-0.2, -0.15) is 0 Å². The van der Waals surface area contributed by atoms with Crippen LogP contribution in [0.25, 0.3) is 11.0 Å². The number of fused-ring (bicyclic) bond motifs is 1. The second kappa shape index (κ2) is 4.65. The van der Waals surface area contributed by atoms with Crippen LogP contribution in [0.5, 0.6) is 0 Å². The molecule has 100 valence electrons. The molecule has 0 spiro atoms. The van der Waals surface area contributed by atoms with Crippen molar-refractivity contribution in [2.45, 2.75) is 6.92 Å². The van der Waals surface area contributed by atoms with E-state index in [1.165, 1.54) is 6.20 Å². The molecule has 0 aliphatic rings. The summed E-state index contributed by atoms with van der Waals surface area (Å²) in [6.07, 6.45) is 1.46. The van der Waals surface area contributed by atoms with Crippen LogP contribution in [-0.2, 0) is 0 Å². The fourth-order valence-corrected chi connectivity index (χ4v) is 1.96. The predicted molar refractivity (Wildman–Crippen MR) is 77.4 cm³/mol. The third-order valence-electron chi connectivity index (χ3n) is 2.94. The molecule has 0 fully saturated rings. The lowest BCUT2D eigenvalue weighted by Crippen LogP contribution is -2.15. The van der Waals surface area contributed by atoms with Gasteiger partial charge in [0.1, 0.15) is 0 Å². The van der Waals surface area contributed by atoms with E-state index in [1.807, 2.05) is 31.2 Å². The Bertz CT molecular complexity index is 760. The van der Waals surface area contributed by atoms with E-state index in [9.17, 15) is 4.79 Å². The summed E-state index contributed by atoms with van der Waals surface area (Å²) in [6, 6.07) is 9.20. The van der Waals surface area contributed by atoms with Crippen LogP contribution < -0.4 is 11.1 Å². The lowest BCUT2D eigenvalue weighted by Gasteiger charge is -2.05. The molecule has 0 unspecified atom stereocenters. The number of imidazole rings is 1. The van der Waals surface area contributed by atoms with Crippen molar-refractivity contribution in [2.24, 2.45) is 0 Å². The molecular weight excluding hydrogens is 254 g/mol. The van der Waals surface area contributed by atoms with Crippen LogP contribution in [0.1, 0.15) is 16.1 Å². The van der Waals surface area contributed by atoms with Crippen LogP contribution in [0.3, 0.4) is 0 Å². The smallest absolute Gasteiger partial charge is 0.261 e. The van der Waals surface area contributed by atoms with Gasteiger partial charge in [0.2, 0.25) is 5.95 Å². The maximum atomic E-state index is 12.1. The number of carbonyl (C=O) groups excluding carboxylic acids is 1. The zero-order chi connectivity index (χ0) is 14.1. The minimum absolute atomic E-state index is 0.330. The number of anilines is 2. The number of benzene rings is 1. The first-order chi connectivity index (χ1) is 9.63. The lowest BCUT2D eigenvalue weighted by molar-refractivity contribution is 0.102. The minimum atomic E-state index is -0.339. The Balaban J connectivity index is 1.88. The number of amides is 1. The largest absolute Gasteiger partial charge is 0.398 e. The first kappa shape index (κ1) is 12.2. The van der Waals surface area contributed by atoms with Crippen molar-refractivity contribution in [2.75, 3.05) is 11.1 Å². The number of rotatable bonds is 2. The number of nitrogens with one attached hydrogen (secondary N) is 2. The summed E-state index contributed by atoms with van der Waals surface area (Å²) in [5, 5.41) is 2.68. The zero-order valence-corrected chi connectivity index (χ0v) is 10.8. The van der Waals surface area contributed by atoms with E-state index in [0.29, 0.717) is 17.2 Å². The molecule has 0 aliphatic heterocycles. The molecule has 0 saturated heterocycles. The predicted octanol–water partition coefficient (Wildman–Crippen LogP) is 2.10. The van der Waals surface area contributed by atoms with E-state index in [1.54, 1.807) is 6.07 Å². The number of pyridine rings is 1. The number of hydrogen-bond donors (Lipinski definition) is 3. The SMILES string of the molecule is Cc1cc(N)c(C(=O)Nc2nc3ccccc3[nH]2)cn1. The summed E-state index contributed by atoms with van der Waals surface area (Å²) in [6.45, 7) is 1.82. The Morgan fingerprint density at radius 1 is 1.35 bits per heavy atom. The molecule has 3 rings (SSSR count).